The zero-order valence-electron chi connectivity index (χ0n) is 9.50. The number of H-pyrrole nitrogens is 2. The molecule has 0 saturated carbocycles. The van der Waals surface area contributed by atoms with Crippen molar-refractivity contribution in [3.63, 3.8) is 0 Å². The van der Waals surface area contributed by atoms with Crippen LogP contribution in [0.4, 0.5) is 5.69 Å². The van der Waals surface area contributed by atoms with Crippen LogP contribution in [-0.2, 0) is 0 Å². The molecule has 88 valence electrons. The second kappa shape index (κ2) is 4.25. The number of pyridine rings is 1. The molecular formula is C11H12N4O2. The number of anilines is 1. The Kier molecular flexibility index (Phi) is 2.78. The Balaban J connectivity index is 2.26. The molecular weight excluding hydrogens is 220 g/mol. The van der Waals surface area contributed by atoms with Crippen LogP contribution in [0.1, 0.15) is 21.9 Å². The molecule has 2 aromatic heterocycles. The van der Waals surface area contributed by atoms with E-state index in [0.717, 1.165) is 5.69 Å². The summed E-state index contributed by atoms with van der Waals surface area (Å²) in [6, 6.07) is 4.43. The molecule has 0 aliphatic heterocycles. The lowest BCUT2D eigenvalue weighted by Gasteiger charge is -2.04. The Labute approximate surface area is 97.1 Å². The highest BCUT2D eigenvalue weighted by Gasteiger charge is 2.12. The van der Waals surface area contributed by atoms with E-state index in [0.29, 0.717) is 11.4 Å². The molecule has 2 rings (SSSR count). The van der Waals surface area contributed by atoms with E-state index in [9.17, 15) is 9.59 Å². The largest absolute Gasteiger partial charge is 0.318 e. The minimum absolute atomic E-state index is 0.220. The number of nitrogens with zero attached hydrogens (tertiary/aromatic N) is 1. The van der Waals surface area contributed by atoms with E-state index >= 15 is 0 Å². The standard InChI is InChI=1S/C11H12N4O2/c1-6-10(7(2)15-14-6)13-11(17)8-4-3-5-9(16)12-8/h3-5H,1-2H3,(H,12,16)(H,13,17)(H,14,15). The van der Waals surface area contributed by atoms with Gasteiger partial charge in [-0.15, -0.1) is 0 Å². The normalized spacial score (nSPS) is 10.2. The molecule has 6 heteroatoms. The lowest BCUT2D eigenvalue weighted by molar-refractivity contribution is 0.102. The van der Waals surface area contributed by atoms with Crippen molar-refractivity contribution >= 4 is 11.6 Å². The van der Waals surface area contributed by atoms with Gasteiger partial charge in [-0.1, -0.05) is 6.07 Å². The molecule has 3 N–H and O–H groups in total. The Morgan fingerprint density at radius 3 is 2.71 bits per heavy atom. The summed E-state index contributed by atoms with van der Waals surface area (Å²) in [6.07, 6.45) is 0. The summed E-state index contributed by atoms with van der Waals surface area (Å²) < 4.78 is 0. The molecule has 0 spiro atoms. The van der Waals surface area contributed by atoms with Crippen LogP contribution in [0.15, 0.2) is 23.0 Å². The molecule has 6 nitrogen and oxygen atoms in total. The molecule has 0 fully saturated rings. The van der Waals surface area contributed by atoms with Gasteiger partial charge < -0.3 is 10.3 Å². The topological polar surface area (TPSA) is 90.6 Å². The van der Waals surface area contributed by atoms with E-state index in [4.69, 9.17) is 0 Å². The van der Waals surface area contributed by atoms with Gasteiger partial charge in [0.05, 0.1) is 17.1 Å². The highest BCUT2D eigenvalue weighted by molar-refractivity contribution is 6.03. The molecule has 0 aromatic carbocycles. The van der Waals surface area contributed by atoms with E-state index in [1.54, 1.807) is 13.0 Å². The number of aromatic amines is 2. The number of aryl methyl sites for hydroxylation is 2. The summed E-state index contributed by atoms with van der Waals surface area (Å²) in [5, 5.41) is 9.44. The van der Waals surface area contributed by atoms with Crippen LogP contribution in [0.2, 0.25) is 0 Å². The summed E-state index contributed by atoms with van der Waals surface area (Å²) in [7, 11) is 0. The van der Waals surface area contributed by atoms with Crippen molar-refractivity contribution in [3.05, 3.63) is 45.6 Å². The van der Waals surface area contributed by atoms with E-state index in [-0.39, 0.29) is 17.2 Å². The fraction of sp³-hybridized carbons (Fsp3) is 0.182. The molecule has 0 bridgehead atoms. The number of hydrogen-bond acceptors (Lipinski definition) is 3. The SMILES string of the molecule is Cc1n[nH]c(C)c1NC(=O)c1cccc(=O)[nH]1. The number of amides is 1. The molecule has 1 amide bonds. The van der Waals surface area contributed by atoms with Crippen LogP contribution in [0.5, 0.6) is 0 Å². The maximum atomic E-state index is 11.8. The number of carbonyl (C=O) groups is 1. The van der Waals surface area contributed by atoms with Gasteiger partial charge in [0.25, 0.3) is 5.91 Å². The van der Waals surface area contributed by atoms with Gasteiger partial charge in [0.1, 0.15) is 5.69 Å². The molecule has 0 aliphatic rings. The van der Waals surface area contributed by atoms with Gasteiger partial charge in [-0.3, -0.25) is 14.7 Å². The van der Waals surface area contributed by atoms with Crippen molar-refractivity contribution in [2.75, 3.05) is 5.32 Å². The zero-order valence-corrected chi connectivity index (χ0v) is 9.50. The van der Waals surface area contributed by atoms with Crippen LogP contribution in [0.25, 0.3) is 0 Å². The van der Waals surface area contributed by atoms with Crippen molar-refractivity contribution in [3.8, 4) is 0 Å². The molecule has 0 atom stereocenters. The average molecular weight is 232 g/mol. The highest BCUT2D eigenvalue weighted by atomic mass is 16.2. The Bertz CT molecular complexity index is 592. The monoisotopic (exact) mass is 232 g/mol. The number of aromatic nitrogens is 3. The first-order valence-electron chi connectivity index (χ1n) is 5.10. The molecule has 0 radical (unpaired) electrons. The van der Waals surface area contributed by atoms with E-state index in [1.807, 2.05) is 6.92 Å². The third-order valence-corrected chi connectivity index (χ3v) is 2.38. The van der Waals surface area contributed by atoms with Crippen LogP contribution < -0.4 is 10.9 Å². The van der Waals surface area contributed by atoms with E-state index < -0.39 is 0 Å². The van der Waals surface area contributed by atoms with E-state index in [2.05, 4.69) is 20.5 Å². The van der Waals surface area contributed by atoms with Crippen LogP contribution in [-0.4, -0.2) is 21.1 Å². The van der Waals surface area contributed by atoms with Crippen LogP contribution in [0, 0.1) is 13.8 Å². The maximum absolute atomic E-state index is 11.8. The summed E-state index contributed by atoms with van der Waals surface area (Å²) >= 11 is 0. The van der Waals surface area contributed by atoms with Crippen molar-refractivity contribution in [1.82, 2.24) is 15.2 Å². The molecule has 0 aliphatic carbocycles. The fourth-order valence-corrected chi connectivity index (χ4v) is 1.50. The lowest BCUT2D eigenvalue weighted by atomic mass is 10.3. The highest BCUT2D eigenvalue weighted by Crippen LogP contribution is 2.16. The van der Waals surface area contributed by atoms with Crippen LogP contribution in [0.3, 0.4) is 0 Å². The molecule has 2 aromatic rings. The quantitative estimate of drug-likeness (QED) is 0.720. The van der Waals surface area contributed by atoms with Crippen molar-refractivity contribution in [1.29, 1.82) is 0 Å². The summed E-state index contributed by atoms with van der Waals surface area (Å²) in [5.41, 5.74) is 2.03. The minimum atomic E-state index is -0.365. The van der Waals surface area contributed by atoms with Gasteiger partial charge >= 0.3 is 0 Å². The van der Waals surface area contributed by atoms with Crippen molar-refractivity contribution < 1.29 is 4.79 Å². The average Bonchev–Trinajstić information content (AvgIpc) is 2.61. The van der Waals surface area contributed by atoms with Crippen molar-refractivity contribution in [2.45, 2.75) is 13.8 Å². The maximum Gasteiger partial charge on any atom is 0.272 e. The van der Waals surface area contributed by atoms with Crippen molar-refractivity contribution in [2.24, 2.45) is 0 Å². The third kappa shape index (κ3) is 2.25. The van der Waals surface area contributed by atoms with Gasteiger partial charge in [0.15, 0.2) is 0 Å². The number of hydrogen-bond donors (Lipinski definition) is 3. The molecule has 2 heterocycles. The predicted octanol–water partition coefficient (Wildman–Crippen LogP) is 0.967. The van der Waals surface area contributed by atoms with Gasteiger partial charge in [0, 0.05) is 6.07 Å². The first-order chi connectivity index (χ1) is 8.08. The Morgan fingerprint density at radius 2 is 2.12 bits per heavy atom. The third-order valence-electron chi connectivity index (χ3n) is 2.38. The first kappa shape index (κ1) is 11.1. The Morgan fingerprint density at radius 1 is 1.35 bits per heavy atom. The van der Waals surface area contributed by atoms with E-state index in [1.165, 1.54) is 12.1 Å². The second-order valence-electron chi connectivity index (χ2n) is 3.69. The smallest absolute Gasteiger partial charge is 0.272 e. The fourth-order valence-electron chi connectivity index (χ4n) is 1.50. The summed E-state index contributed by atoms with van der Waals surface area (Å²) in [6.45, 7) is 3.59. The molecule has 17 heavy (non-hydrogen) atoms. The summed E-state index contributed by atoms with van der Waals surface area (Å²) in [5.74, 6) is -0.365. The van der Waals surface area contributed by atoms with Gasteiger partial charge in [-0.25, -0.2) is 0 Å². The minimum Gasteiger partial charge on any atom is -0.318 e. The Hall–Kier alpha value is -2.37. The summed E-state index contributed by atoms with van der Waals surface area (Å²) in [4.78, 5) is 25.4. The van der Waals surface area contributed by atoms with Gasteiger partial charge in [-0.2, -0.15) is 5.10 Å². The lowest BCUT2D eigenvalue weighted by Crippen LogP contribution is -2.18. The van der Waals surface area contributed by atoms with Gasteiger partial charge in [-0.05, 0) is 19.9 Å². The molecule has 0 saturated heterocycles. The first-order valence-corrected chi connectivity index (χ1v) is 5.10. The second-order valence-corrected chi connectivity index (χ2v) is 3.69. The predicted molar refractivity (Wildman–Crippen MR) is 63.1 cm³/mol. The number of rotatable bonds is 2. The molecule has 0 unspecified atom stereocenters. The van der Waals surface area contributed by atoms with Crippen LogP contribution >= 0.6 is 0 Å². The number of nitrogens with one attached hydrogen (secondary N) is 3. The zero-order chi connectivity index (χ0) is 12.4. The van der Waals surface area contributed by atoms with Gasteiger partial charge in [0.2, 0.25) is 5.56 Å². The number of carbonyl (C=O) groups excluding carboxylic acids is 1.